The molecule has 1 heterocycles. The van der Waals surface area contributed by atoms with E-state index in [1.165, 1.54) is 64.2 Å². The lowest BCUT2D eigenvalue weighted by Gasteiger charge is -2.01. The molecule has 0 amide bonds. The van der Waals surface area contributed by atoms with E-state index in [-0.39, 0.29) is 0 Å². The van der Waals surface area contributed by atoms with Gasteiger partial charge in [-0.05, 0) is 20.3 Å². The van der Waals surface area contributed by atoms with Crippen molar-refractivity contribution in [3.63, 3.8) is 0 Å². The van der Waals surface area contributed by atoms with Gasteiger partial charge in [-0.1, -0.05) is 64.7 Å². The van der Waals surface area contributed by atoms with Crippen molar-refractivity contribution in [1.82, 2.24) is 9.97 Å². The van der Waals surface area contributed by atoms with E-state index < -0.39 is 8.25 Å². The zero-order chi connectivity index (χ0) is 18.6. The second-order valence-electron chi connectivity index (χ2n) is 6.08. The van der Waals surface area contributed by atoms with Gasteiger partial charge in [0.15, 0.2) is 0 Å². The highest BCUT2D eigenvalue weighted by Gasteiger charge is 1.95. The maximum absolute atomic E-state index is 10.4. The smallest absolute Gasteiger partial charge is 0.319 e. The molecule has 1 aromatic heterocycles. The van der Waals surface area contributed by atoms with Crippen molar-refractivity contribution in [2.24, 2.45) is 0 Å². The lowest BCUT2D eigenvalue weighted by molar-refractivity contribution is 0.243. The summed E-state index contributed by atoms with van der Waals surface area (Å²) in [5.41, 5.74) is 0. The average Bonchev–Trinajstić information content (AvgIpc) is 3.11. The molecule has 6 heteroatoms. The molecule has 1 N–H and O–H groups in total. The highest BCUT2D eigenvalue weighted by atomic mass is 31.1. The summed E-state index contributed by atoms with van der Waals surface area (Å²) in [5, 5.41) is 0. The molecular weight excluding hydrogens is 335 g/mol. The van der Waals surface area contributed by atoms with Gasteiger partial charge in [0.2, 0.25) is 0 Å². The molecule has 0 unspecified atom stereocenters. The second kappa shape index (κ2) is 19.7. The molecule has 1 aromatic rings. The van der Waals surface area contributed by atoms with Gasteiger partial charge in [-0.15, -0.1) is 0 Å². The molecule has 0 saturated heterocycles. The first-order valence-corrected chi connectivity index (χ1v) is 11.2. The van der Waals surface area contributed by atoms with Crippen LogP contribution in [0, 0.1) is 0 Å². The Morgan fingerprint density at radius 2 is 1.40 bits per heavy atom. The minimum absolute atomic E-state index is 0.456. The van der Waals surface area contributed by atoms with Crippen molar-refractivity contribution in [3.8, 4) is 0 Å². The molecule has 0 aliphatic rings. The van der Waals surface area contributed by atoms with Gasteiger partial charge in [-0.3, -0.25) is 4.57 Å². The maximum atomic E-state index is 10.4. The van der Waals surface area contributed by atoms with Crippen LogP contribution in [0.2, 0.25) is 0 Å². The molecule has 0 aromatic carbocycles. The van der Waals surface area contributed by atoms with Crippen LogP contribution >= 0.6 is 8.25 Å². The lowest BCUT2D eigenvalue weighted by Crippen LogP contribution is -1.88. The van der Waals surface area contributed by atoms with Crippen LogP contribution in [0.5, 0.6) is 0 Å². The minimum Gasteiger partial charge on any atom is -0.349 e. The summed E-state index contributed by atoms with van der Waals surface area (Å²) < 4.78 is 19.6. The van der Waals surface area contributed by atoms with E-state index in [0.717, 1.165) is 12.2 Å². The Morgan fingerprint density at radius 3 is 1.84 bits per heavy atom. The van der Waals surface area contributed by atoms with Gasteiger partial charge in [-0.25, -0.2) is 4.98 Å². The average molecular weight is 375 g/mol. The topological polar surface area (TPSA) is 64.2 Å². The molecule has 148 valence electrons. The van der Waals surface area contributed by atoms with Gasteiger partial charge in [0.05, 0.1) is 13.2 Å². The van der Waals surface area contributed by atoms with Crippen molar-refractivity contribution in [3.05, 3.63) is 18.2 Å². The molecular formula is C19H39N2O3P. The molecule has 0 aliphatic carbocycles. The number of unbranched alkanes of at least 4 members (excludes halogenated alkanes) is 9. The normalized spacial score (nSPS) is 10.7. The van der Waals surface area contributed by atoms with E-state index in [1.807, 2.05) is 12.4 Å². The van der Waals surface area contributed by atoms with E-state index >= 15 is 0 Å². The van der Waals surface area contributed by atoms with E-state index in [9.17, 15) is 4.57 Å². The van der Waals surface area contributed by atoms with Crippen molar-refractivity contribution in [2.45, 2.75) is 91.4 Å². The first kappa shape index (κ1) is 24.4. The summed E-state index contributed by atoms with van der Waals surface area (Å²) in [4.78, 5) is 7.39. The summed E-state index contributed by atoms with van der Waals surface area (Å²) in [5.74, 6) is 1.14. The third-order valence-electron chi connectivity index (χ3n) is 3.85. The van der Waals surface area contributed by atoms with Crippen LogP contribution in [-0.4, -0.2) is 23.2 Å². The SMILES string of the molecule is CCCCCCCCCCCCc1ncc[nH]1.CCO[PH](=O)OCC. The Labute approximate surface area is 155 Å². The molecule has 0 saturated carbocycles. The Hall–Kier alpha value is -0.640. The Morgan fingerprint density at radius 1 is 0.880 bits per heavy atom. The summed E-state index contributed by atoms with van der Waals surface area (Å²) in [6, 6.07) is 0. The fraction of sp³-hybridized carbons (Fsp3) is 0.842. The third kappa shape index (κ3) is 18.0. The molecule has 0 aliphatic heterocycles. The number of hydrogen-bond acceptors (Lipinski definition) is 4. The fourth-order valence-corrected chi connectivity index (χ4v) is 3.05. The number of rotatable bonds is 15. The Bertz CT molecular complexity index is 378. The largest absolute Gasteiger partial charge is 0.349 e. The van der Waals surface area contributed by atoms with Crippen molar-refractivity contribution < 1.29 is 13.6 Å². The predicted octanol–water partition coefficient (Wildman–Crippen LogP) is 6.32. The standard InChI is InChI=1S/C15H28N2.C4H11O3P/c1-2-3-4-5-6-7-8-9-10-11-12-15-16-13-14-17-15;1-3-6-8(5)7-4-2/h13-14H,2-12H2,1H3,(H,16,17);8H,3-4H2,1-2H3. The van der Waals surface area contributed by atoms with E-state index in [2.05, 4.69) is 25.9 Å². The van der Waals surface area contributed by atoms with Gasteiger partial charge in [-0.2, -0.15) is 0 Å². The second-order valence-corrected chi connectivity index (χ2v) is 7.16. The molecule has 1 rings (SSSR count). The quantitative estimate of drug-likeness (QED) is 0.288. The number of imidazole rings is 1. The molecule has 5 nitrogen and oxygen atoms in total. The number of nitrogens with zero attached hydrogens (tertiary/aromatic N) is 1. The first-order chi connectivity index (χ1) is 12.2. The van der Waals surface area contributed by atoms with Crippen LogP contribution in [0.4, 0.5) is 0 Å². The Kier molecular flexibility index (Phi) is 19.2. The molecule has 0 spiro atoms. The van der Waals surface area contributed by atoms with Crippen LogP contribution < -0.4 is 0 Å². The van der Waals surface area contributed by atoms with Gasteiger partial charge in [0.25, 0.3) is 0 Å². The number of aromatic amines is 1. The van der Waals surface area contributed by atoms with Gasteiger partial charge >= 0.3 is 8.25 Å². The van der Waals surface area contributed by atoms with E-state index in [4.69, 9.17) is 0 Å². The summed E-state index contributed by atoms with van der Waals surface area (Å²) in [6.07, 6.45) is 18.9. The highest BCUT2D eigenvalue weighted by molar-refractivity contribution is 7.33. The Balaban J connectivity index is 0.000000609. The van der Waals surface area contributed by atoms with Gasteiger partial charge in [0, 0.05) is 18.8 Å². The summed E-state index contributed by atoms with van der Waals surface area (Å²) in [6.45, 7) is 6.75. The predicted molar refractivity (Wildman–Crippen MR) is 106 cm³/mol. The number of aryl methyl sites for hydroxylation is 1. The molecule has 25 heavy (non-hydrogen) atoms. The number of aromatic nitrogens is 2. The van der Waals surface area contributed by atoms with Crippen molar-refractivity contribution >= 4 is 8.25 Å². The lowest BCUT2D eigenvalue weighted by atomic mass is 10.1. The van der Waals surface area contributed by atoms with Crippen LogP contribution in [-0.2, 0) is 20.0 Å². The van der Waals surface area contributed by atoms with E-state index in [1.54, 1.807) is 13.8 Å². The van der Waals surface area contributed by atoms with Crippen LogP contribution in [0.15, 0.2) is 12.4 Å². The van der Waals surface area contributed by atoms with Gasteiger partial charge < -0.3 is 14.0 Å². The molecule has 0 radical (unpaired) electrons. The summed E-state index contributed by atoms with van der Waals surface area (Å²) >= 11 is 0. The maximum Gasteiger partial charge on any atom is 0.319 e. The summed E-state index contributed by atoms with van der Waals surface area (Å²) in [7, 11) is -2.14. The molecule has 0 bridgehead atoms. The molecule has 0 fully saturated rings. The first-order valence-electron chi connectivity index (χ1n) is 10.0. The third-order valence-corrected chi connectivity index (χ3v) is 4.90. The van der Waals surface area contributed by atoms with E-state index in [0.29, 0.717) is 13.2 Å². The van der Waals surface area contributed by atoms with Crippen molar-refractivity contribution in [2.75, 3.05) is 13.2 Å². The number of hydrogen-bond donors (Lipinski definition) is 1. The highest BCUT2D eigenvalue weighted by Crippen LogP contribution is 2.21. The molecule has 0 atom stereocenters. The number of H-pyrrole nitrogens is 1. The zero-order valence-corrected chi connectivity index (χ0v) is 17.5. The monoisotopic (exact) mass is 374 g/mol. The van der Waals surface area contributed by atoms with Crippen LogP contribution in [0.1, 0.15) is 90.8 Å². The van der Waals surface area contributed by atoms with Gasteiger partial charge in [0.1, 0.15) is 5.82 Å². The minimum atomic E-state index is -2.14. The van der Waals surface area contributed by atoms with Crippen LogP contribution in [0.3, 0.4) is 0 Å². The zero-order valence-electron chi connectivity index (χ0n) is 16.5. The van der Waals surface area contributed by atoms with Crippen LogP contribution in [0.25, 0.3) is 0 Å². The number of nitrogens with one attached hydrogen (secondary N) is 1. The fourth-order valence-electron chi connectivity index (χ4n) is 2.49. The van der Waals surface area contributed by atoms with Crippen molar-refractivity contribution in [1.29, 1.82) is 0 Å².